The van der Waals surface area contributed by atoms with Gasteiger partial charge in [-0.05, 0) is 19.8 Å². The Kier molecular flexibility index (Phi) is 4.59. The molecule has 3 rings (SSSR count). The Balaban J connectivity index is 1.76. The Morgan fingerprint density at radius 2 is 1.96 bits per heavy atom. The van der Waals surface area contributed by atoms with Crippen LogP contribution in [0, 0.1) is 6.92 Å². The molecule has 128 valence electrons. The van der Waals surface area contributed by atoms with Gasteiger partial charge in [0.25, 0.3) is 0 Å². The van der Waals surface area contributed by atoms with Gasteiger partial charge in [0.15, 0.2) is 0 Å². The smallest absolute Gasteiger partial charge is 0.322 e. The fraction of sp³-hybridized carbons (Fsp3) is 0.412. The first-order chi connectivity index (χ1) is 11.6. The molecule has 2 aromatic rings. The van der Waals surface area contributed by atoms with Crippen molar-refractivity contribution in [2.45, 2.75) is 25.8 Å². The molecule has 1 fully saturated rings. The minimum atomic E-state index is -0.173. The highest BCUT2D eigenvalue weighted by molar-refractivity contribution is 5.90. The summed E-state index contributed by atoms with van der Waals surface area (Å²) in [6.07, 6.45) is 1.81. The van der Waals surface area contributed by atoms with Crippen LogP contribution in [-0.2, 0) is 0 Å². The van der Waals surface area contributed by atoms with Crippen molar-refractivity contribution in [3.63, 3.8) is 0 Å². The van der Waals surface area contributed by atoms with E-state index in [1.165, 1.54) is 0 Å². The topological polar surface area (TPSA) is 76.8 Å². The van der Waals surface area contributed by atoms with Gasteiger partial charge in [0.1, 0.15) is 23.0 Å². The first kappa shape index (κ1) is 16.2. The molecule has 1 unspecified atom stereocenters. The van der Waals surface area contributed by atoms with Crippen LogP contribution in [0.4, 0.5) is 10.5 Å². The van der Waals surface area contributed by atoms with E-state index in [2.05, 4.69) is 10.5 Å². The van der Waals surface area contributed by atoms with Gasteiger partial charge in [0, 0.05) is 36.5 Å². The number of likely N-dealkylation sites (tertiary alicyclic amines) is 1. The van der Waals surface area contributed by atoms with Crippen molar-refractivity contribution in [2.75, 3.05) is 26.1 Å². The number of urea groups is 1. The molecule has 2 heterocycles. The van der Waals surface area contributed by atoms with Crippen LogP contribution in [0.3, 0.4) is 0 Å². The van der Waals surface area contributed by atoms with E-state index in [9.17, 15) is 4.79 Å². The third-order valence-electron chi connectivity index (χ3n) is 4.10. The van der Waals surface area contributed by atoms with Crippen LogP contribution in [-0.4, -0.2) is 36.9 Å². The molecule has 1 saturated heterocycles. The second kappa shape index (κ2) is 6.82. The first-order valence-corrected chi connectivity index (χ1v) is 7.84. The van der Waals surface area contributed by atoms with E-state index < -0.39 is 0 Å². The molecule has 1 N–H and O–H groups in total. The van der Waals surface area contributed by atoms with Crippen molar-refractivity contribution in [3.05, 3.63) is 35.7 Å². The average molecular weight is 331 g/mol. The lowest BCUT2D eigenvalue weighted by molar-refractivity contribution is 0.204. The molecule has 0 aliphatic carbocycles. The Hall–Kier alpha value is -2.70. The van der Waals surface area contributed by atoms with Gasteiger partial charge in [-0.3, -0.25) is 0 Å². The SMILES string of the molecule is COc1cc(NC(=O)N2CCCC2c2cc(C)on2)cc(OC)c1. The molecule has 0 radical (unpaired) electrons. The predicted octanol–water partition coefficient (Wildman–Crippen LogP) is 3.37. The van der Waals surface area contributed by atoms with Crippen LogP contribution < -0.4 is 14.8 Å². The normalized spacial score (nSPS) is 17.0. The lowest BCUT2D eigenvalue weighted by atomic mass is 10.1. The van der Waals surface area contributed by atoms with Gasteiger partial charge in [-0.25, -0.2) is 4.79 Å². The number of methoxy groups -OCH3 is 2. The summed E-state index contributed by atoms with van der Waals surface area (Å²) < 4.78 is 15.6. The number of amides is 2. The van der Waals surface area contributed by atoms with E-state index in [-0.39, 0.29) is 12.1 Å². The summed E-state index contributed by atoms with van der Waals surface area (Å²) in [6.45, 7) is 2.53. The number of aryl methyl sites for hydroxylation is 1. The minimum Gasteiger partial charge on any atom is -0.497 e. The molecule has 2 amide bonds. The van der Waals surface area contributed by atoms with E-state index >= 15 is 0 Å². The highest BCUT2D eigenvalue weighted by atomic mass is 16.5. The van der Waals surface area contributed by atoms with Crippen molar-refractivity contribution < 1.29 is 18.8 Å². The van der Waals surface area contributed by atoms with E-state index in [4.69, 9.17) is 14.0 Å². The van der Waals surface area contributed by atoms with Crippen LogP contribution >= 0.6 is 0 Å². The zero-order chi connectivity index (χ0) is 17.1. The number of aromatic nitrogens is 1. The van der Waals surface area contributed by atoms with Crippen molar-refractivity contribution in [3.8, 4) is 11.5 Å². The minimum absolute atomic E-state index is 0.0602. The molecule has 0 saturated carbocycles. The summed E-state index contributed by atoms with van der Waals surface area (Å²) in [7, 11) is 3.15. The predicted molar refractivity (Wildman–Crippen MR) is 88.5 cm³/mol. The largest absolute Gasteiger partial charge is 0.497 e. The van der Waals surface area contributed by atoms with Gasteiger partial charge in [0.05, 0.1) is 20.3 Å². The first-order valence-electron chi connectivity index (χ1n) is 7.84. The zero-order valence-corrected chi connectivity index (χ0v) is 14.0. The third kappa shape index (κ3) is 3.29. The fourth-order valence-corrected chi connectivity index (χ4v) is 2.93. The summed E-state index contributed by atoms with van der Waals surface area (Å²) >= 11 is 0. The second-order valence-electron chi connectivity index (χ2n) is 5.75. The summed E-state index contributed by atoms with van der Waals surface area (Å²) in [5.41, 5.74) is 1.42. The summed E-state index contributed by atoms with van der Waals surface area (Å²) in [5.74, 6) is 1.99. The van der Waals surface area contributed by atoms with Crippen LogP contribution in [0.2, 0.25) is 0 Å². The van der Waals surface area contributed by atoms with Gasteiger partial charge in [0.2, 0.25) is 0 Å². The summed E-state index contributed by atoms with van der Waals surface area (Å²) in [6, 6.07) is 6.91. The molecule has 0 bridgehead atoms. The number of benzene rings is 1. The molecule has 1 aliphatic rings. The maximum atomic E-state index is 12.7. The van der Waals surface area contributed by atoms with Crippen LogP contribution in [0.25, 0.3) is 0 Å². The van der Waals surface area contributed by atoms with E-state index in [0.717, 1.165) is 24.3 Å². The standard InChI is InChI=1S/C17H21N3O4/c1-11-7-15(19-24-11)16-5-4-6-20(16)17(21)18-12-8-13(22-2)10-14(9-12)23-3/h7-10,16H,4-6H2,1-3H3,(H,18,21). The maximum absolute atomic E-state index is 12.7. The van der Waals surface area contributed by atoms with Crippen molar-refractivity contribution in [2.24, 2.45) is 0 Å². The summed E-state index contributed by atoms with van der Waals surface area (Å²) in [4.78, 5) is 14.5. The van der Waals surface area contributed by atoms with Crippen molar-refractivity contribution >= 4 is 11.7 Å². The Labute approximate surface area is 140 Å². The number of hydrogen-bond donors (Lipinski definition) is 1. The Morgan fingerprint density at radius 3 is 2.54 bits per heavy atom. The van der Waals surface area contributed by atoms with Gasteiger partial charge >= 0.3 is 6.03 Å². The van der Waals surface area contributed by atoms with E-state index in [1.54, 1.807) is 37.3 Å². The Morgan fingerprint density at radius 1 is 1.25 bits per heavy atom. The number of hydrogen-bond acceptors (Lipinski definition) is 5. The number of carbonyl (C=O) groups is 1. The number of ether oxygens (including phenoxy) is 2. The lowest BCUT2D eigenvalue weighted by Crippen LogP contribution is -2.34. The van der Waals surface area contributed by atoms with E-state index in [0.29, 0.717) is 23.7 Å². The van der Waals surface area contributed by atoms with Crippen LogP contribution in [0.1, 0.15) is 30.3 Å². The lowest BCUT2D eigenvalue weighted by Gasteiger charge is -2.23. The number of nitrogens with zero attached hydrogens (tertiary/aromatic N) is 2. The quantitative estimate of drug-likeness (QED) is 0.929. The summed E-state index contributed by atoms with van der Waals surface area (Å²) in [5, 5.41) is 6.96. The molecule has 1 aliphatic heterocycles. The average Bonchev–Trinajstić information content (AvgIpc) is 3.22. The molecule has 1 atom stereocenters. The highest BCUT2D eigenvalue weighted by Crippen LogP contribution is 2.33. The van der Waals surface area contributed by atoms with Gasteiger partial charge in [-0.2, -0.15) is 0 Å². The molecule has 1 aromatic heterocycles. The van der Waals surface area contributed by atoms with Crippen LogP contribution in [0.15, 0.2) is 28.8 Å². The van der Waals surface area contributed by atoms with Gasteiger partial charge < -0.3 is 24.2 Å². The fourth-order valence-electron chi connectivity index (χ4n) is 2.93. The zero-order valence-electron chi connectivity index (χ0n) is 14.0. The number of rotatable bonds is 4. The third-order valence-corrected chi connectivity index (χ3v) is 4.10. The Bertz CT molecular complexity index is 706. The van der Waals surface area contributed by atoms with Crippen molar-refractivity contribution in [1.29, 1.82) is 0 Å². The van der Waals surface area contributed by atoms with Crippen LogP contribution in [0.5, 0.6) is 11.5 Å². The highest BCUT2D eigenvalue weighted by Gasteiger charge is 2.32. The molecule has 24 heavy (non-hydrogen) atoms. The molecule has 0 spiro atoms. The molecular weight excluding hydrogens is 310 g/mol. The monoisotopic (exact) mass is 331 g/mol. The molecule has 7 nitrogen and oxygen atoms in total. The van der Waals surface area contributed by atoms with Gasteiger partial charge in [-0.1, -0.05) is 5.16 Å². The molecule has 1 aromatic carbocycles. The molecule has 7 heteroatoms. The second-order valence-corrected chi connectivity index (χ2v) is 5.75. The van der Waals surface area contributed by atoms with Gasteiger partial charge in [-0.15, -0.1) is 0 Å². The number of carbonyl (C=O) groups excluding carboxylic acids is 1. The van der Waals surface area contributed by atoms with Crippen molar-refractivity contribution in [1.82, 2.24) is 10.1 Å². The number of anilines is 1. The number of nitrogens with one attached hydrogen (secondary N) is 1. The maximum Gasteiger partial charge on any atom is 0.322 e. The molecular formula is C17H21N3O4. The van der Waals surface area contributed by atoms with E-state index in [1.807, 2.05) is 13.0 Å².